The summed E-state index contributed by atoms with van der Waals surface area (Å²) in [6.07, 6.45) is 1.56. The van der Waals surface area contributed by atoms with Gasteiger partial charge in [0.05, 0.1) is 6.54 Å². The van der Waals surface area contributed by atoms with E-state index in [1.54, 1.807) is 11.0 Å². The minimum atomic E-state index is -0.0957. The molecular formula is C14H13N5O. The molecule has 0 spiro atoms. The molecule has 6 heteroatoms. The summed E-state index contributed by atoms with van der Waals surface area (Å²) in [5, 5.41) is 18.0. The van der Waals surface area contributed by atoms with E-state index in [-0.39, 0.29) is 11.7 Å². The van der Waals surface area contributed by atoms with Gasteiger partial charge in [-0.25, -0.2) is 9.67 Å². The molecule has 0 bridgehead atoms. The molecule has 0 aliphatic heterocycles. The second-order valence-electron chi connectivity index (χ2n) is 4.39. The Kier molecular flexibility index (Phi) is 3.04. The molecule has 1 heterocycles. The SMILES string of the molecule is NC(=NO)c1ncn(Cc2cccc3ccccc23)n1. The van der Waals surface area contributed by atoms with E-state index in [1.165, 1.54) is 10.8 Å². The summed E-state index contributed by atoms with van der Waals surface area (Å²) in [5.74, 6) is 0.120. The minimum absolute atomic E-state index is 0.0957. The summed E-state index contributed by atoms with van der Waals surface area (Å²) >= 11 is 0. The van der Waals surface area contributed by atoms with Crippen molar-refractivity contribution in [3.05, 3.63) is 60.2 Å². The lowest BCUT2D eigenvalue weighted by Gasteiger charge is -2.06. The maximum absolute atomic E-state index is 8.60. The molecule has 0 aliphatic carbocycles. The molecule has 20 heavy (non-hydrogen) atoms. The van der Waals surface area contributed by atoms with Crippen LogP contribution in [0.3, 0.4) is 0 Å². The van der Waals surface area contributed by atoms with Crippen molar-refractivity contribution in [3.8, 4) is 0 Å². The summed E-state index contributed by atoms with van der Waals surface area (Å²) in [5.41, 5.74) is 6.59. The largest absolute Gasteiger partial charge is 0.409 e. The molecule has 6 nitrogen and oxygen atoms in total. The van der Waals surface area contributed by atoms with Crippen LogP contribution in [-0.4, -0.2) is 25.8 Å². The summed E-state index contributed by atoms with van der Waals surface area (Å²) < 4.78 is 1.66. The van der Waals surface area contributed by atoms with Crippen LogP contribution in [-0.2, 0) is 6.54 Å². The predicted molar refractivity (Wildman–Crippen MR) is 75.6 cm³/mol. The van der Waals surface area contributed by atoms with Crippen molar-refractivity contribution in [1.29, 1.82) is 0 Å². The molecule has 3 N–H and O–H groups in total. The molecule has 0 saturated carbocycles. The van der Waals surface area contributed by atoms with Crippen molar-refractivity contribution >= 4 is 16.6 Å². The summed E-state index contributed by atoms with van der Waals surface area (Å²) in [7, 11) is 0. The van der Waals surface area contributed by atoms with Crippen LogP contribution in [0.25, 0.3) is 10.8 Å². The molecular weight excluding hydrogens is 254 g/mol. The van der Waals surface area contributed by atoms with Crippen LogP contribution in [0.2, 0.25) is 0 Å². The lowest BCUT2D eigenvalue weighted by Crippen LogP contribution is -2.15. The molecule has 100 valence electrons. The standard InChI is InChI=1S/C14H13N5O/c15-13(18-20)14-16-9-19(17-14)8-11-6-3-5-10-4-1-2-7-12(10)11/h1-7,9,20H,8H2,(H2,15,18). The van der Waals surface area contributed by atoms with Crippen LogP contribution >= 0.6 is 0 Å². The van der Waals surface area contributed by atoms with E-state index in [4.69, 9.17) is 10.9 Å². The first kappa shape index (κ1) is 12.2. The maximum atomic E-state index is 8.60. The number of nitrogens with two attached hydrogens (primary N) is 1. The van der Waals surface area contributed by atoms with Gasteiger partial charge in [0.1, 0.15) is 6.33 Å². The van der Waals surface area contributed by atoms with Crippen molar-refractivity contribution in [2.45, 2.75) is 6.54 Å². The number of amidine groups is 1. The van der Waals surface area contributed by atoms with Gasteiger partial charge < -0.3 is 10.9 Å². The van der Waals surface area contributed by atoms with Gasteiger partial charge in [0.25, 0.3) is 0 Å². The second-order valence-corrected chi connectivity index (χ2v) is 4.39. The highest BCUT2D eigenvalue weighted by Crippen LogP contribution is 2.19. The van der Waals surface area contributed by atoms with Crippen molar-refractivity contribution < 1.29 is 5.21 Å². The van der Waals surface area contributed by atoms with E-state index < -0.39 is 0 Å². The number of fused-ring (bicyclic) bond motifs is 1. The molecule has 1 aromatic heterocycles. The number of benzene rings is 2. The van der Waals surface area contributed by atoms with Crippen molar-refractivity contribution in [2.24, 2.45) is 10.9 Å². The Balaban J connectivity index is 1.95. The van der Waals surface area contributed by atoms with Gasteiger partial charge in [0, 0.05) is 0 Å². The molecule has 0 radical (unpaired) electrons. The van der Waals surface area contributed by atoms with E-state index >= 15 is 0 Å². The molecule has 3 rings (SSSR count). The highest BCUT2D eigenvalue weighted by Gasteiger charge is 2.07. The van der Waals surface area contributed by atoms with Crippen LogP contribution < -0.4 is 5.73 Å². The third-order valence-electron chi connectivity index (χ3n) is 3.09. The number of aromatic nitrogens is 3. The normalized spacial score (nSPS) is 11.9. The van der Waals surface area contributed by atoms with E-state index in [1.807, 2.05) is 24.3 Å². The zero-order valence-electron chi connectivity index (χ0n) is 10.6. The number of oxime groups is 1. The minimum Gasteiger partial charge on any atom is -0.409 e. The van der Waals surface area contributed by atoms with Crippen molar-refractivity contribution in [3.63, 3.8) is 0 Å². The lowest BCUT2D eigenvalue weighted by molar-refractivity contribution is 0.318. The maximum Gasteiger partial charge on any atom is 0.219 e. The second kappa shape index (κ2) is 5.00. The predicted octanol–water partition coefficient (Wildman–Crippen LogP) is 1.57. The first-order valence-electron chi connectivity index (χ1n) is 6.12. The zero-order chi connectivity index (χ0) is 13.9. The summed E-state index contributed by atoms with van der Waals surface area (Å²) in [6.45, 7) is 0.576. The molecule has 2 aromatic carbocycles. The Morgan fingerprint density at radius 2 is 2.00 bits per heavy atom. The first-order valence-corrected chi connectivity index (χ1v) is 6.12. The van der Waals surface area contributed by atoms with Crippen LogP contribution in [0.15, 0.2) is 53.9 Å². The Bertz CT molecular complexity index is 773. The van der Waals surface area contributed by atoms with Gasteiger partial charge in [-0.2, -0.15) is 0 Å². The van der Waals surface area contributed by atoms with Crippen LogP contribution in [0.4, 0.5) is 0 Å². The summed E-state index contributed by atoms with van der Waals surface area (Å²) in [4.78, 5) is 4.00. The number of hydrogen-bond donors (Lipinski definition) is 2. The highest BCUT2D eigenvalue weighted by molar-refractivity contribution is 5.93. The molecule has 0 fully saturated rings. The number of nitrogens with zero attached hydrogens (tertiary/aromatic N) is 4. The third-order valence-corrected chi connectivity index (χ3v) is 3.09. The van der Waals surface area contributed by atoms with Gasteiger partial charge in [-0.15, -0.1) is 5.10 Å². The Morgan fingerprint density at radius 3 is 2.85 bits per heavy atom. The van der Waals surface area contributed by atoms with Gasteiger partial charge in [0.2, 0.25) is 11.7 Å². The fourth-order valence-electron chi connectivity index (χ4n) is 2.14. The molecule has 0 unspecified atom stereocenters. The van der Waals surface area contributed by atoms with Gasteiger partial charge in [0.15, 0.2) is 0 Å². The number of hydrogen-bond acceptors (Lipinski definition) is 4. The van der Waals surface area contributed by atoms with E-state index in [9.17, 15) is 0 Å². The zero-order valence-corrected chi connectivity index (χ0v) is 10.6. The van der Waals surface area contributed by atoms with Gasteiger partial charge in [-0.3, -0.25) is 0 Å². The molecule has 0 amide bonds. The summed E-state index contributed by atoms with van der Waals surface area (Å²) in [6, 6.07) is 14.3. The average molecular weight is 267 g/mol. The van der Waals surface area contributed by atoms with Crippen molar-refractivity contribution in [2.75, 3.05) is 0 Å². The van der Waals surface area contributed by atoms with E-state index in [0.29, 0.717) is 6.54 Å². The van der Waals surface area contributed by atoms with E-state index in [0.717, 1.165) is 5.56 Å². The van der Waals surface area contributed by atoms with Crippen LogP contribution in [0.1, 0.15) is 11.4 Å². The van der Waals surface area contributed by atoms with Crippen LogP contribution in [0, 0.1) is 0 Å². The monoisotopic (exact) mass is 267 g/mol. The Hall–Kier alpha value is -2.89. The van der Waals surface area contributed by atoms with Crippen molar-refractivity contribution in [1.82, 2.24) is 14.8 Å². The molecule has 0 aliphatic rings. The first-order chi connectivity index (χ1) is 9.78. The van der Waals surface area contributed by atoms with E-state index in [2.05, 4.69) is 33.4 Å². The third kappa shape index (κ3) is 2.18. The molecule has 0 atom stereocenters. The Morgan fingerprint density at radius 1 is 1.20 bits per heavy atom. The topological polar surface area (TPSA) is 89.3 Å². The Labute approximate surface area is 115 Å². The smallest absolute Gasteiger partial charge is 0.219 e. The van der Waals surface area contributed by atoms with Gasteiger partial charge in [-0.1, -0.05) is 47.6 Å². The lowest BCUT2D eigenvalue weighted by atomic mass is 10.0. The van der Waals surface area contributed by atoms with Gasteiger partial charge >= 0.3 is 0 Å². The van der Waals surface area contributed by atoms with Gasteiger partial charge in [-0.05, 0) is 16.3 Å². The fourth-order valence-corrected chi connectivity index (χ4v) is 2.14. The fraction of sp³-hybridized carbons (Fsp3) is 0.0714. The average Bonchev–Trinajstić information content (AvgIpc) is 2.95. The quantitative estimate of drug-likeness (QED) is 0.326. The van der Waals surface area contributed by atoms with Crippen LogP contribution in [0.5, 0.6) is 0 Å². The highest BCUT2D eigenvalue weighted by atomic mass is 16.4. The molecule has 0 saturated heterocycles. The number of rotatable bonds is 3. The molecule has 3 aromatic rings.